The molecule has 0 aliphatic rings. The maximum Gasteiger partial charge on any atom is 0.201 e. The van der Waals surface area contributed by atoms with Gasteiger partial charge in [-0.15, -0.1) is 0 Å². The molecule has 0 aliphatic heterocycles. The average Bonchev–Trinajstić information content (AvgIpc) is 2.48. The lowest BCUT2D eigenvalue weighted by Crippen LogP contribution is -2.03. The van der Waals surface area contributed by atoms with E-state index < -0.39 is 9.84 Å². The zero-order chi connectivity index (χ0) is 15.5. The fourth-order valence-electron chi connectivity index (χ4n) is 1.81. The number of carbonyl (C=O) groups excluding carboxylic acids is 1. The largest absolute Gasteiger partial charge is 0.398 e. The maximum absolute atomic E-state index is 12.2. The molecule has 0 amide bonds. The molecule has 5 heteroatoms. The fraction of sp³-hybridized carbons (Fsp3) is 0.0625. The SMILES string of the molecule is CC(=O)c1ccc(/C(N)=C/S(=O)(=O)c2ccccc2)cc1. The lowest BCUT2D eigenvalue weighted by Gasteiger charge is -2.04. The van der Waals surface area contributed by atoms with Crippen molar-refractivity contribution >= 4 is 21.3 Å². The summed E-state index contributed by atoms with van der Waals surface area (Å²) in [6.45, 7) is 1.47. The van der Waals surface area contributed by atoms with E-state index >= 15 is 0 Å². The van der Waals surface area contributed by atoms with Crippen LogP contribution in [-0.4, -0.2) is 14.2 Å². The van der Waals surface area contributed by atoms with Crippen molar-refractivity contribution in [3.05, 3.63) is 71.1 Å². The molecule has 0 bridgehead atoms. The van der Waals surface area contributed by atoms with Crippen LogP contribution < -0.4 is 5.73 Å². The molecule has 21 heavy (non-hydrogen) atoms. The van der Waals surface area contributed by atoms with Crippen molar-refractivity contribution in [1.29, 1.82) is 0 Å². The van der Waals surface area contributed by atoms with Crippen molar-refractivity contribution in [1.82, 2.24) is 0 Å². The lowest BCUT2D eigenvalue weighted by molar-refractivity contribution is 0.101. The molecule has 0 spiro atoms. The topological polar surface area (TPSA) is 77.2 Å². The van der Waals surface area contributed by atoms with Crippen LogP contribution in [0.4, 0.5) is 0 Å². The second-order valence-electron chi connectivity index (χ2n) is 4.56. The fourth-order valence-corrected chi connectivity index (χ4v) is 2.95. The Bertz CT molecular complexity index is 776. The van der Waals surface area contributed by atoms with Crippen molar-refractivity contribution in [3.63, 3.8) is 0 Å². The number of rotatable bonds is 4. The standard InChI is InChI=1S/C16H15NO3S/c1-12(18)13-7-9-14(10-8-13)16(17)11-21(19,20)15-5-3-2-4-6-15/h2-11H,17H2,1H3/b16-11-. The highest BCUT2D eigenvalue weighted by atomic mass is 32.2. The summed E-state index contributed by atoms with van der Waals surface area (Å²) in [5.41, 5.74) is 7.08. The van der Waals surface area contributed by atoms with Crippen LogP contribution in [0.2, 0.25) is 0 Å². The zero-order valence-electron chi connectivity index (χ0n) is 11.5. The molecule has 0 radical (unpaired) electrons. The van der Waals surface area contributed by atoms with Gasteiger partial charge in [0.25, 0.3) is 0 Å². The normalized spacial score (nSPS) is 12.1. The van der Waals surface area contributed by atoms with Gasteiger partial charge in [-0.1, -0.05) is 42.5 Å². The Morgan fingerprint density at radius 3 is 2.00 bits per heavy atom. The number of benzene rings is 2. The Hall–Kier alpha value is -2.40. The second-order valence-corrected chi connectivity index (χ2v) is 6.36. The highest BCUT2D eigenvalue weighted by Gasteiger charge is 2.12. The first kappa shape index (κ1) is 15.0. The summed E-state index contributed by atoms with van der Waals surface area (Å²) in [5.74, 6) is -0.0546. The zero-order valence-corrected chi connectivity index (χ0v) is 12.3. The van der Waals surface area contributed by atoms with Gasteiger partial charge in [-0.3, -0.25) is 4.79 Å². The number of carbonyl (C=O) groups is 1. The van der Waals surface area contributed by atoms with E-state index in [0.717, 1.165) is 5.41 Å². The second kappa shape index (κ2) is 5.93. The molecule has 0 atom stereocenters. The van der Waals surface area contributed by atoms with Crippen molar-refractivity contribution in [2.45, 2.75) is 11.8 Å². The van der Waals surface area contributed by atoms with Gasteiger partial charge in [-0.25, -0.2) is 8.42 Å². The monoisotopic (exact) mass is 301 g/mol. The van der Waals surface area contributed by atoms with E-state index in [4.69, 9.17) is 5.73 Å². The summed E-state index contributed by atoms with van der Waals surface area (Å²) in [4.78, 5) is 11.4. The minimum Gasteiger partial charge on any atom is -0.398 e. The van der Waals surface area contributed by atoms with Crippen molar-refractivity contribution in [2.24, 2.45) is 5.73 Å². The lowest BCUT2D eigenvalue weighted by atomic mass is 10.1. The molecule has 108 valence electrons. The summed E-state index contributed by atoms with van der Waals surface area (Å²) in [5, 5.41) is 1.03. The van der Waals surface area contributed by atoms with Crippen LogP contribution in [0.1, 0.15) is 22.8 Å². The van der Waals surface area contributed by atoms with E-state index in [1.807, 2.05) is 0 Å². The molecule has 2 aromatic carbocycles. The van der Waals surface area contributed by atoms with Crippen LogP contribution in [0.25, 0.3) is 5.70 Å². The quantitative estimate of drug-likeness (QED) is 0.881. The van der Waals surface area contributed by atoms with Crippen LogP contribution in [0.5, 0.6) is 0 Å². The minimum absolute atomic E-state index is 0.0546. The first-order valence-corrected chi connectivity index (χ1v) is 7.83. The van der Waals surface area contributed by atoms with Crippen molar-refractivity contribution < 1.29 is 13.2 Å². The first-order valence-electron chi connectivity index (χ1n) is 6.29. The first-order chi connectivity index (χ1) is 9.90. The van der Waals surface area contributed by atoms with Crippen LogP contribution >= 0.6 is 0 Å². The molecule has 0 heterocycles. The van der Waals surface area contributed by atoms with Gasteiger partial charge >= 0.3 is 0 Å². The van der Waals surface area contributed by atoms with E-state index in [0.29, 0.717) is 11.1 Å². The van der Waals surface area contributed by atoms with Gasteiger partial charge in [0.15, 0.2) is 5.78 Å². The van der Waals surface area contributed by atoms with Crippen LogP contribution in [0.15, 0.2) is 64.9 Å². The summed E-state index contributed by atoms with van der Waals surface area (Å²) >= 11 is 0. The highest BCUT2D eigenvalue weighted by Crippen LogP contribution is 2.17. The van der Waals surface area contributed by atoms with Gasteiger partial charge < -0.3 is 5.73 Å². The number of ketones is 1. The third-order valence-electron chi connectivity index (χ3n) is 2.98. The van der Waals surface area contributed by atoms with Crippen molar-refractivity contribution in [3.8, 4) is 0 Å². The van der Waals surface area contributed by atoms with E-state index in [-0.39, 0.29) is 16.4 Å². The number of sulfone groups is 1. The minimum atomic E-state index is -3.59. The van der Waals surface area contributed by atoms with Crippen LogP contribution in [0, 0.1) is 0 Å². The van der Waals surface area contributed by atoms with E-state index in [1.54, 1.807) is 42.5 Å². The Balaban J connectivity index is 2.35. The Morgan fingerprint density at radius 1 is 0.952 bits per heavy atom. The van der Waals surface area contributed by atoms with E-state index in [1.165, 1.54) is 19.1 Å². The summed E-state index contributed by atoms with van der Waals surface area (Å²) < 4.78 is 24.4. The van der Waals surface area contributed by atoms with Gasteiger partial charge in [0.2, 0.25) is 9.84 Å². The Kier molecular flexibility index (Phi) is 4.23. The molecule has 0 unspecified atom stereocenters. The summed E-state index contributed by atoms with van der Waals surface area (Å²) in [7, 11) is -3.59. The molecule has 2 aromatic rings. The Labute approximate surface area is 123 Å². The summed E-state index contributed by atoms with van der Waals surface area (Å²) in [6, 6.07) is 14.6. The number of hydrogen-bond acceptors (Lipinski definition) is 4. The molecular weight excluding hydrogens is 286 g/mol. The third kappa shape index (κ3) is 3.58. The van der Waals surface area contributed by atoms with Gasteiger partial charge in [0.05, 0.1) is 16.0 Å². The predicted molar refractivity (Wildman–Crippen MR) is 82.2 cm³/mol. The molecule has 4 nitrogen and oxygen atoms in total. The number of Topliss-reactive ketones (excluding diaryl/α,β-unsaturated/α-hetero) is 1. The van der Waals surface area contributed by atoms with Gasteiger partial charge in [-0.2, -0.15) is 0 Å². The molecule has 0 saturated carbocycles. The molecule has 0 saturated heterocycles. The molecule has 0 aliphatic carbocycles. The summed E-state index contributed by atoms with van der Waals surface area (Å²) in [6.07, 6.45) is 0. The Morgan fingerprint density at radius 2 is 1.48 bits per heavy atom. The molecule has 0 fully saturated rings. The van der Waals surface area contributed by atoms with Crippen LogP contribution in [0.3, 0.4) is 0 Å². The van der Waals surface area contributed by atoms with Crippen molar-refractivity contribution in [2.75, 3.05) is 0 Å². The van der Waals surface area contributed by atoms with Crippen LogP contribution in [-0.2, 0) is 9.84 Å². The smallest absolute Gasteiger partial charge is 0.201 e. The van der Waals surface area contributed by atoms with E-state index in [9.17, 15) is 13.2 Å². The van der Waals surface area contributed by atoms with Gasteiger partial charge in [0, 0.05) is 5.56 Å². The molecule has 0 aromatic heterocycles. The molecule has 2 rings (SSSR count). The number of nitrogens with two attached hydrogens (primary N) is 1. The predicted octanol–water partition coefficient (Wildman–Crippen LogP) is 2.62. The maximum atomic E-state index is 12.2. The molecular formula is C16H15NO3S. The van der Waals surface area contributed by atoms with E-state index in [2.05, 4.69) is 0 Å². The average molecular weight is 301 g/mol. The van der Waals surface area contributed by atoms with Gasteiger partial charge in [-0.05, 0) is 24.6 Å². The molecule has 2 N–H and O–H groups in total. The third-order valence-corrected chi connectivity index (χ3v) is 4.47. The highest BCUT2D eigenvalue weighted by molar-refractivity contribution is 7.94. The van der Waals surface area contributed by atoms with Gasteiger partial charge in [0.1, 0.15) is 0 Å². The number of hydrogen-bond donors (Lipinski definition) is 1.